The molecule has 72 valence electrons. The normalized spacial score (nSPS) is 9.21. The van der Waals surface area contributed by atoms with E-state index in [1.807, 2.05) is 6.07 Å². The van der Waals surface area contributed by atoms with Crippen molar-refractivity contribution >= 4 is 11.7 Å². The molecule has 0 aliphatic rings. The lowest BCUT2D eigenvalue weighted by Gasteiger charge is -2.12. The van der Waals surface area contributed by atoms with Crippen LogP contribution in [0.3, 0.4) is 0 Å². The molecule has 0 aliphatic carbocycles. The van der Waals surface area contributed by atoms with E-state index in [2.05, 4.69) is 4.98 Å². The van der Waals surface area contributed by atoms with Crippen LogP contribution in [0.5, 0.6) is 0 Å². The van der Waals surface area contributed by atoms with Crippen LogP contribution in [0.25, 0.3) is 0 Å². The molecule has 0 saturated carbocycles. The third-order valence-corrected chi connectivity index (χ3v) is 1.66. The van der Waals surface area contributed by atoms with E-state index in [-0.39, 0.29) is 11.4 Å². The first-order valence-corrected chi connectivity index (χ1v) is 3.87. The number of nitrogens with zero attached hydrogens (tertiary/aromatic N) is 3. The summed E-state index contributed by atoms with van der Waals surface area (Å²) in [4.78, 5) is 16.0. The van der Waals surface area contributed by atoms with E-state index in [1.165, 1.54) is 12.1 Å². The number of hydrogen-bond acceptors (Lipinski definition) is 4. The number of hydrogen-bond donors (Lipinski definition) is 1. The predicted octanol–water partition coefficient (Wildman–Crippen LogP) is 0.717. The molecule has 1 N–H and O–H groups in total. The maximum Gasteiger partial charge on any atom is 0.354 e. The molecular weight excluding hydrogens is 182 g/mol. The Morgan fingerprint density at radius 1 is 1.57 bits per heavy atom. The first kappa shape index (κ1) is 9.99. The molecule has 0 unspecified atom stereocenters. The summed E-state index contributed by atoms with van der Waals surface area (Å²) < 4.78 is 0. The summed E-state index contributed by atoms with van der Waals surface area (Å²) in [5.74, 6) is -1.13. The molecule has 5 heteroatoms. The Morgan fingerprint density at radius 2 is 2.21 bits per heavy atom. The molecule has 0 radical (unpaired) electrons. The van der Waals surface area contributed by atoms with Gasteiger partial charge in [-0.2, -0.15) is 5.26 Å². The number of aromatic carboxylic acids is 1. The number of nitriles is 1. The summed E-state index contributed by atoms with van der Waals surface area (Å²) in [6.07, 6.45) is 0. The molecule has 1 aromatic heterocycles. The minimum atomic E-state index is -1.13. The Morgan fingerprint density at radius 3 is 2.64 bits per heavy atom. The van der Waals surface area contributed by atoms with Gasteiger partial charge in [0.05, 0.1) is 0 Å². The summed E-state index contributed by atoms with van der Waals surface area (Å²) in [5.41, 5.74) is 0.635. The van der Waals surface area contributed by atoms with Gasteiger partial charge in [0.25, 0.3) is 0 Å². The van der Waals surface area contributed by atoms with Gasteiger partial charge in [0, 0.05) is 19.8 Å². The molecule has 0 fully saturated rings. The van der Waals surface area contributed by atoms with Gasteiger partial charge in [0.1, 0.15) is 11.8 Å². The van der Waals surface area contributed by atoms with Crippen LogP contribution in [0.2, 0.25) is 0 Å². The summed E-state index contributed by atoms with van der Waals surface area (Å²) in [7, 11) is 3.53. The van der Waals surface area contributed by atoms with Crippen LogP contribution >= 0.6 is 0 Å². The zero-order valence-electron chi connectivity index (χ0n) is 7.85. The van der Waals surface area contributed by atoms with Crippen molar-refractivity contribution in [2.75, 3.05) is 19.0 Å². The number of anilines is 1. The summed E-state index contributed by atoms with van der Waals surface area (Å²) in [6, 6.07) is 4.77. The van der Waals surface area contributed by atoms with Gasteiger partial charge in [-0.3, -0.25) is 0 Å². The summed E-state index contributed by atoms with van der Waals surface area (Å²) in [6.45, 7) is 0. The van der Waals surface area contributed by atoms with E-state index >= 15 is 0 Å². The SMILES string of the molecule is CN(C)c1cc(C#N)nc(C(=O)O)c1. The summed E-state index contributed by atoms with van der Waals surface area (Å²) in [5, 5.41) is 17.3. The quantitative estimate of drug-likeness (QED) is 0.745. The fraction of sp³-hybridized carbons (Fsp3) is 0.222. The van der Waals surface area contributed by atoms with Crippen molar-refractivity contribution in [3.05, 3.63) is 23.5 Å². The fourth-order valence-electron chi connectivity index (χ4n) is 0.941. The largest absolute Gasteiger partial charge is 0.477 e. The van der Waals surface area contributed by atoms with Gasteiger partial charge >= 0.3 is 5.97 Å². The van der Waals surface area contributed by atoms with Crippen LogP contribution in [0, 0.1) is 11.3 Å². The zero-order valence-corrected chi connectivity index (χ0v) is 7.85. The molecule has 1 heterocycles. The topological polar surface area (TPSA) is 77.2 Å². The average Bonchev–Trinajstić information content (AvgIpc) is 2.16. The molecule has 0 amide bonds. The zero-order chi connectivity index (χ0) is 10.7. The van der Waals surface area contributed by atoms with Crippen molar-refractivity contribution in [1.29, 1.82) is 5.26 Å². The molecule has 1 rings (SSSR count). The number of carboxylic acids is 1. The van der Waals surface area contributed by atoms with E-state index in [0.717, 1.165) is 0 Å². The van der Waals surface area contributed by atoms with Crippen molar-refractivity contribution in [2.45, 2.75) is 0 Å². The number of rotatable bonds is 2. The smallest absolute Gasteiger partial charge is 0.354 e. The number of carbonyl (C=O) groups is 1. The third-order valence-electron chi connectivity index (χ3n) is 1.66. The van der Waals surface area contributed by atoms with Crippen LogP contribution in [-0.2, 0) is 0 Å². The number of carboxylic acid groups (broad SMARTS) is 1. The lowest BCUT2D eigenvalue weighted by molar-refractivity contribution is 0.0690. The predicted molar refractivity (Wildman–Crippen MR) is 50.2 cm³/mol. The Bertz CT molecular complexity index is 407. The molecule has 0 saturated heterocycles. The van der Waals surface area contributed by atoms with Crippen LogP contribution in [0.15, 0.2) is 12.1 Å². The van der Waals surface area contributed by atoms with Crippen molar-refractivity contribution in [3.63, 3.8) is 0 Å². The Hall–Kier alpha value is -2.09. The molecule has 0 bridgehead atoms. The van der Waals surface area contributed by atoms with Crippen LogP contribution in [-0.4, -0.2) is 30.2 Å². The Labute approximate surface area is 81.2 Å². The van der Waals surface area contributed by atoms with Crippen molar-refractivity contribution in [1.82, 2.24) is 4.98 Å². The standard InChI is InChI=1S/C9H9N3O2/c1-12(2)7-3-6(5-10)11-8(4-7)9(13)14/h3-4H,1-2H3,(H,13,14). The molecule has 0 atom stereocenters. The minimum Gasteiger partial charge on any atom is -0.477 e. The van der Waals surface area contributed by atoms with Crippen molar-refractivity contribution < 1.29 is 9.90 Å². The molecule has 0 aromatic carbocycles. The average molecular weight is 191 g/mol. The maximum absolute atomic E-state index is 10.7. The molecule has 5 nitrogen and oxygen atoms in total. The molecular formula is C9H9N3O2. The van der Waals surface area contributed by atoms with Gasteiger partial charge in [-0.25, -0.2) is 9.78 Å². The van der Waals surface area contributed by atoms with E-state index in [9.17, 15) is 4.79 Å². The molecule has 14 heavy (non-hydrogen) atoms. The van der Waals surface area contributed by atoms with Gasteiger partial charge in [-0.15, -0.1) is 0 Å². The lowest BCUT2D eigenvalue weighted by Crippen LogP contribution is -2.11. The van der Waals surface area contributed by atoms with Crippen LogP contribution in [0.4, 0.5) is 5.69 Å². The first-order valence-electron chi connectivity index (χ1n) is 3.87. The Balaban J connectivity index is 3.29. The molecule has 0 spiro atoms. The lowest BCUT2D eigenvalue weighted by atomic mass is 10.2. The van der Waals surface area contributed by atoms with E-state index < -0.39 is 5.97 Å². The number of pyridine rings is 1. The van der Waals surface area contributed by atoms with E-state index in [0.29, 0.717) is 5.69 Å². The summed E-state index contributed by atoms with van der Waals surface area (Å²) >= 11 is 0. The highest BCUT2D eigenvalue weighted by atomic mass is 16.4. The van der Waals surface area contributed by atoms with E-state index in [1.54, 1.807) is 19.0 Å². The van der Waals surface area contributed by atoms with Gasteiger partial charge in [0.2, 0.25) is 0 Å². The third kappa shape index (κ3) is 1.98. The molecule has 0 aliphatic heterocycles. The highest BCUT2D eigenvalue weighted by Crippen LogP contribution is 2.13. The van der Waals surface area contributed by atoms with Crippen LogP contribution in [0.1, 0.15) is 16.2 Å². The highest BCUT2D eigenvalue weighted by Gasteiger charge is 2.09. The van der Waals surface area contributed by atoms with Crippen molar-refractivity contribution in [3.8, 4) is 6.07 Å². The second-order valence-electron chi connectivity index (χ2n) is 2.91. The van der Waals surface area contributed by atoms with Crippen molar-refractivity contribution in [2.24, 2.45) is 0 Å². The second kappa shape index (κ2) is 3.75. The highest BCUT2D eigenvalue weighted by molar-refractivity contribution is 5.86. The minimum absolute atomic E-state index is 0.105. The fourth-order valence-corrected chi connectivity index (χ4v) is 0.941. The monoisotopic (exact) mass is 191 g/mol. The maximum atomic E-state index is 10.7. The number of aromatic nitrogens is 1. The first-order chi connectivity index (χ1) is 6.54. The van der Waals surface area contributed by atoms with Crippen LogP contribution < -0.4 is 4.90 Å². The van der Waals surface area contributed by atoms with E-state index in [4.69, 9.17) is 10.4 Å². The van der Waals surface area contributed by atoms with Gasteiger partial charge in [0.15, 0.2) is 5.69 Å². The van der Waals surface area contributed by atoms with Gasteiger partial charge < -0.3 is 10.0 Å². The second-order valence-corrected chi connectivity index (χ2v) is 2.91. The van der Waals surface area contributed by atoms with Gasteiger partial charge in [-0.05, 0) is 12.1 Å². The Kier molecular flexibility index (Phi) is 2.67. The van der Waals surface area contributed by atoms with Gasteiger partial charge in [-0.1, -0.05) is 0 Å². The molecule has 1 aromatic rings.